The van der Waals surface area contributed by atoms with Crippen molar-refractivity contribution in [1.82, 2.24) is 5.32 Å². The Morgan fingerprint density at radius 3 is 2.48 bits per heavy atom. The highest BCUT2D eigenvalue weighted by atomic mass is 16.5. The Bertz CT molecular complexity index is 1090. The van der Waals surface area contributed by atoms with Crippen molar-refractivity contribution in [2.75, 3.05) is 11.9 Å². The van der Waals surface area contributed by atoms with Gasteiger partial charge in [-0.2, -0.15) is 5.26 Å². The lowest BCUT2D eigenvalue weighted by molar-refractivity contribution is -0.123. The first kappa shape index (κ1) is 21.4. The fraction of sp³-hybridized carbons (Fsp3) is 0.125. The number of furan rings is 1. The highest BCUT2D eigenvalue weighted by molar-refractivity contribution is 6.09. The molecule has 0 spiro atoms. The van der Waals surface area contributed by atoms with E-state index < -0.39 is 5.91 Å². The third-order valence-electron chi connectivity index (χ3n) is 4.28. The van der Waals surface area contributed by atoms with Crippen molar-refractivity contribution >= 4 is 23.6 Å². The van der Waals surface area contributed by atoms with Crippen LogP contribution in [0, 0.1) is 18.3 Å². The third-order valence-corrected chi connectivity index (χ3v) is 4.28. The first-order valence-corrected chi connectivity index (χ1v) is 9.55. The van der Waals surface area contributed by atoms with Crippen LogP contribution in [0.5, 0.6) is 5.75 Å². The van der Waals surface area contributed by atoms with Gasteiger partial charge in [0.25, 0.3) is 11.8 Å². The zero-order chi connectivity index (χ0) is 22.1. The van der Waals surface area contributed by atoms with E-state index in [1.165, 1.54) is 12.3 Å². The molecule has 1 aromatic heterocycles. The van der Waals surface area contributed by atoms with Gasteiger partial charge in [0, 0.05) is 5.69 Å². The van der Waals surface area contributed by atoms with Crippen molar-refractivity contribution in [1.29, 1.82) is 5.26 Å². The molecule has 0 fully saturated rings. The molecule has 7 heteroatoms. The van der Waals surface area contributed by atoms with E-state index in [2.05, 4.69) is 10.6 Å². The number of nitriles is 1. The fourth-order valence-electron chi connectivity index (χ4n) is 2.61. The van der Waals surface area contributed by atoms with Crippen LogP contribution in [0.1, 0.15) is 16.9 Å². The lowest BCUT2D eigenvalue weighted by Crippen LogP contribution is -2.28. The van der Waals surface area contributed by atoms with Crippen molar-refractivity contribution in [2.24, 2.45) is 0 Å². The first-order chi connectivity index (χ1) is 15.0. The summed E-state index contributed by atoms with van der Waals surface area (Å²) in [6, 6.07) is 19.5. The van der Waals surface area contributed by atoms with E-state index in [-0.39, 0.29) is 18.1 Å². The minimum atomic E-state index is -0.486. The van der Waals surface area contributed by atoms with Gasteiger partial charge in [-0.25, -0.2) is 0 Å². The molecule has 156 valence electrons. The topological polar surface area (TPSA) is 104 Å². The Morgan fingerprint density at radius 2 is 1.84 bits per heavy atom. The number of anilines is 1. The predicted molar refractivity (Wildman–Crippen MR) is 116 cm³/mol. The summed E-state index contributed by atoms with van der Waals surface area (Å²) in [5.74, 6) is 0.386. The van der Waals surface area contributed by atoms with Gasteiger partial charge in [0.2, 0.25) is 0 Å². The Morgan fingerprint density at radius 1 is 1.10 bits per heavy atom. The molecule has 2 N–H and O–H groups in total. The van der Waals surface area contributed by atoms with Crippen LogP contribution in [0.25, 0.3) is 6.08 Å². The number of benzene rings is 2. The van der Waals surface area contributed by atoms with E-state index in [1.54, 1.807) is 48.5 Å². The van der Waals surface area contributed by atoms with Gasteiger partial charge in [-0.3, -0.25) is 9.59 Å². The van der Waals surface area contributed by atoms with Crippen LogP contribution in [0.15, 0.2) is 76.9 Å². The Kier molecular flexibility index (Phi) is 7.22. The average Bonchev–Trinajstić information content (AvgIpc) is 3.30. The second-order valence-electron chi connectivity index (χ2n) is 6.70. The van der Waals surface area contributed by atoms with Crippen molar-refractivity contribution in [2.45, 2.75) is 13.5 Å². The smallest absolute Gasteiger partial charge is 0.266 e. The Balaban J connectivity index is 1.53. The lowest BCUT2D eigenvalue weighted by atomic mass is 10.1. The molecular weight excluding hydrogens is 394 g/mol. The summed E-state index contributed by atoms with van der Waals surface area (Å²) in [7, 11) is 0. The van der Waals surface area contributed by atoms with Crippen LogP contribution in [0.4, 0.5) is 5.69 Å². The number of nitrogens with one attached hydrogen (secondary N) is 2. The highest BCUT2D eigenvalue weighted by Gasteiger charge is 2.10. The maximum absolute atomic E-state index is 12.3. The number of ether oxygens (including phenoxy) is 1. The summed E-state index contributed by atoms with van der Waals surface area (Å²) in [5, 5.41) is 14.7. The van der Waals surface area contributed by atoms with Crippen LogP contribution >= 0.6 is 0 Å². The quantitative estimate of drug-likeness (QED) is 0.430. The van der Waals surface area contributed by atoms with Crippen molar-refractivity contribution in [3.63, 3.8) is 0 Å². The Labute approximate surface area is 179 Å². The molecule has 2 aromatic carbocycles. The largest absolute Gasteiger partial charge is 0.484 e. The molecule has 2 amide bonds. The van der Waals surface area contributed by atoms with Crippen LogP contribution < -0.4 is 15.4 Å². The van der Waals surface area contributed by atoms with E-state index in [1.807, 2.05) is 25.1 Å². The molecule has 1 heterocycles. The zero-order valence-electron chi connectivity index (χ0n) is 16.9. The molecule has 3 rings (SSSR count). The minimum Gasteiger partial charge on any atom is -0.484 e. The van der Waals surface area contributed by atoms with Crippen molar-refractivity contribution in [3.05, 3.63) is 89.4 Å². The summed E-state index contributed by atoms with van der Waals surface area (Å²) in [5.41, 5.74) is 2.33. The van der Waals surface area contributed by atoms with Gasteiger partial charge < -0.3 is 19.8 Å². The first-order valence-electron chi connectivity index (χ1n) is 9.55. The molecule has 0 aliphatic carbocycles. The summed E-state index contributed by atoms with van der Waals surface area (Å²) in [6.45, 7) is 2.10. The maximum Gasteiger partial charge on any atom is 0.266 e. The average molecular weight is 415 g/mol. The number of carbonyl (C=O) groups excluding carboxylic acids is 2. The monoisotopic (exact) mass is 415 g/mol. The van der Waals surface area contributed by atoms with E-state index in [0.717, 1.165) is 5.56 Å². The van der Waals surface area contributed by atoms with Crippen LogP contribution in [0.2, 0.25) is 0 Å². The highest BCUT2D eigenvalue weighted by Crippen LogP contribution is 2.16. The molecule has 0 bridgehead atoms. The standard InChI is InChI=1S/C24H21N3O4/c1-17-4-8-20(9-5-17)27-24(29)19(14-25)13-18-6-10-21(11-7-18)31-16-23(28)26-15-22-3-2-12-30-22/h2-13H,15-16H2,1H3,(H,26,28)(H,27,29)/b19-13+. The lowest BCUT2D eigenvalue weighted by Gasteiger charge is -2.07. The van der Waals surface area contributed by atoms with Gasteiger partial charge in [-0.05, 0) is 55.0 Å². The number of aryl methyl sites for hydroxylation is 1. The second kappa shape index (κ2) is 10.5. The maximum atomic E-state index is 12.3. The van der Waals surface area contributed by atoms with Crippen LogP contribution in [-0.4, -0.2) is 18.4 Å². The van der Waals surface area contributed by atoms with Crippen LogP contribution in [-0.2, 0) is 16.1 Å². The number of amides is 2. The summed E-state index contributed by atoms with van der Waals surface area (Å²) in [4.78, 5) is 24.2. The SMILES string of the molecule is Cc1ccc(NC(=O)/C(C#N)=C/c2ccc(OCC(=O)NCc3ccco3)cc2)cc1. The molecule has 31 heavy (non-hydrogen) atoms. The molecule has 7 nitrogen and oxygen atoms in total. The Hall–Kier alpha value is -4.31. The van der Waals surface area contributed by atoms with Crippen molar-refractivity contribution in [3.8, 4) is 11.8 Å². The molecule has 0 atom stereocenters. The summed E-state index contributed by atoms with van der Waals surface area (Å²) in [6.07, 6.45) is 3.03. The molecule has 0 unspecified atom stereocenters. The van der Waals surface area contributed by atoms with E-state index in [0.29, 0.717) is 29.3 Å². The van der Waals surface area contributed by atoms with E-state index >= 15 is 0 Å². The fourth-order valence-corrected chi connectivity index (χ4v) is 2.61. The van der Waals surface area contributed by atoms with Gasteiger partial charge in [0.05, 0.1) is 12.8 Å². The molecule has 0 saturated carbocycles. The molecule has 0 aliphatic rings. The number of hydrogen-bond acceptors (Lipinski definition) is 5. The van der Waals surface area contributed by atoms with Gasteiger partial charge in [0.15, 0.2) is 6.61 Å². The predicted octanol–water partition coefficient (Wildman–Crippen LogP) is 3.83. The normalized spacial score (nSPS) is 10.8. The summed E-state index contributed by atoms with van der Waals surface area (Å²) < 4.78 is 10.6. The number of rotatable bonds is 8. The zero-order valence-corrected chi connectivity index (χ0v) is 16.9. The van der Waals surface area contributed by atoms with Gasteiger partial charge in [-0.15, -0.1) is 0 Å². The minimum absolute atomic E-state index is 0.0217. The third kappa shape index (κ3) is 6.61. The molecule has 0 radical (unpaired) electrons. The van der Waals surface area contributed by atoms with E-state index in [4.69, 9.17) is 9.15 Å². The van der Waals surface area contributed by atoms with Gasteiger partial charge in [0.1, 0.15) is 23.2 Å². The molecule has 3 aromatic rings. The van der Waals surface area contributed by atoms with Gasteiger partial charge >= 0.3 is 0 Å². The van der Waals surface area contributed by atoms with Crippen LogP contribution in [0.3, 0.4) is 0 Å². The molecular formula is C24H21N3O4. The van der Waals surface area contributed by atoms with Crippen molar-refractivity contribution < 1.29 is 18.7 Å². The molecule has 0 aliphatic heterocycles. The number of hydrogen-bond donors (Lipinski definition) is 2. The molecule has 0 saturated heterocycles. The summed E-state index contributed by atoms with van der Waals surface area (Å²) >= 11 is 0. The van der Waals surface area contributed by atoms with E-state index in [9.17, 15) is 14.9 Å². The van der Waals surface area contributed by atoms with Gasteiger partial charge in [-0.1, -0.05) is 29.8 Å². The number of nitrogens with zero attached hydrogens (tertiary/aromatic N) is 1. The number of carbonyl (C=O) groups is 2. The second-order valence-corrected chi connectivity index (χ2v) is 6.70.